The van der Waals surface area contributed by atoms with E-state index in [-0.39, 0.29) is 11.6 Å². The molecule has 0 unspecified atom stereocenters. The number of halogens is 1. The maximum Gasteiger partial charge on any atom is 0.310 e. The molecular formula is C19H17ClN2O4. The van der Waals surface area contributed by atoms with Crippen molar-refractivity contribution in [3.63, 3.8) is 0 Å². The van der Waals surface area contributed by atoms with Gasteiger partial charge in [-0.1, -0.05) is 30.7 Å². The first-order valence-electron chi connectivity index (χ1n) is 8.12. The van der Waals surface area contributed by atoms with Crippen LogP contribution in [-0.4, -0.2) is 23.5 Å². The predicted octanol–water partition coefficient (Wildman–Crippen LogP) is 3.77. The van der Waals surface area contributed by atoms with Gasteiger partial charge < -0.3 is 14.5 Å². The quantitative estimate of drug-likeness (QED) is 0.526. The van der Waals surface area contributed by atoms with Crippen molar-refractivity contribution in [3.8, 4) is 0 Å². The number of aryl methyl sites for hydroxylation is 1. The van der Waals surface area contributed by atoms with Gasteiger partial charge in [0.15, 0.2) is 11.8 Å². The molecule has 0 fully saturated rings. The minimum atomic E-state index is -0.514. The second-order valence-corrected chi connectivity index (χ2v) is 6.03. The van der Waals surface area contributed by atoms with Crippen molar-refractivity contribution in [1.29, 1.82) is 0 Å². The Labute approximate surface area is 155 Å². The lowest BCUT2D eigenvalue weighted by Gasteiger charge is -2.07. The van der Waals surface area contributed by atoms with Crippen molar-refractivity contribution < 1.29 is 18.7 Å². The number of furan rings is 1. The maximum absolute atomic E-state index is 12.0. The number of fused-ring (bicyclic) bond motifs is 1. The lowest BCUT2D eigenvalue weighted by molar-refractivity contribution is -0.146. The number of ether oxygens (including phenoxy) is 1. The molecule has 1 N–H and O–H groups in total. The van der Waals surface area contributed by atoms with Crippen molar-refractivity contribution in [2.75, 3.05) is 11.9 Å². The summed E-state index contributed by atoms with van der Waals surface area (Å²) in [4.78, 5) is 27.7. The molecule has 0 atom stereocenters. The zero-order valence-electron chi connectivity index (χ0n) is 14.1. The summed E-state index contributed by atoms with van der Waals surface area (Å²) in [6.45, 7) is 1.66. The largest absolute Gasteiger partial charge is 0.464 e. The second kappa shape index (κ2) is 8.01. The van der Waals surface area contributed by atoms with Gasteiger partial charge in [0.25, 0.3) is 5.91 Å². The van der Waals surface area contributed by atoms with Crippen LogP contribution >= 0.6 is 11.6 Å². The molecule has 0 spiro atoms. The first-order chi connectivity index (χ1) is 12.6. The third-order valence-corrected chi connectivity index (χ3v) is 4.16. The van der Waals surface area contributed by atoms with Gasteiger partial charge in [0.1, 0.15) is 5.58 Å². The molecule has 0 aliphatic rings. The number of nitrogens with zero attached hydrogens (tertiary/aromatic N) is 1. The molecule has 1 aromatic carbocycles. The van der Waals surface area contributed by atoms with Gasteiger partial charge in [-0.2, -0.15) is 0 Å². The average Bonchev–Trinajstić information content (AvgIpc) is 3.04. The van der Waals surface area contributed by atoms with Gasteiger partial charge in [0.2, 0.25) is 0 Å². The number of nitrogens with one attached hydrogen (secondary N) is 1. The minimum absolute atomic E-state index is 0.0272. The van der Waals surface area contributed by atoms with Crippen LogP contribution in [0.3, 0.4) is 0 Å². The summed E-state index contributed by atoms with van der Waals surface area (Å²) >= 11 is 5.86. The first-order valence-corrected chi connectivity index (χ1v) is 8.49. The Hall–Kier alpha value is -2.86. The number of rotatable bonds is 6. The van der Waals surface area contributed by atoms with Crippen molar-refractivity contribution in [2.24, 2.45) is 0 Å². The highest BCUT2D eigenvalue weighted by molar-refractivity contribution is 6.32. The molecule has 0 aliphatic carbocycles. The van der Waals surface area contributed by atoms with Crippen LogP contribution in [0, 0.1) is 0 Å². The number of hydrogen-bond donors (Lipinski definition) is 1. The fraction of sp³-hybridized carbons (Fsp3) is 0.211. The van der Waals surface area contributed by atoms with Crippen LogP contribution in [-0.2, 0) is 27.2 Å². The van der Waals surface area contributed by atoms with Gasteiger partial charge in [-0.25, -0.2) is 4.98 Å². The van der Waals surface area contributed by atoms with E-state index in [9.17, 15) is 9.59 Å². The summed E-state index contributed by atoms with van der Waals surface area (Å²) < 4.78 is 10.5. The second-order valence-electron chi connectivity index (χ2n) is 5.67. The number of pyridine rings is 1. The van der Waals surface area contributed by atoms with Gasteiger partial charge in [-0.3, -0.25) is 9.59 Å². The molecule has 0 saturated heterocycles. The molecule has 6 nitrogen and oxygen atoms in total. The predicted molar refractivity (Wildman–Crippen MR) is 98.1 cm³/mol. The minimum Gasteiger partial charge on any atom is -0.464 e. The van der Waals surface area contributed by atoms with Gasteiger partial charge >= 0.3 is 5.97 Å². The van der Waals surface area contributed by atoms with Gasteiger partial charge in [0, 0.05) is 17.1 Å². The zero-order valence-corrected chi connectivity index (χ0v) is 14.9. The lowest BCUT2D eigenvalue weighted by atomic mass is 10.1. The number of anilines is 1. The Morgan fingerprint density at radius 1 is 1.31 bits per heavy atom. The molecule has 0 saturated carbocycles. The van der Waals surface area contributed by atoms with Crippen LogP contribution in [0.1, 0.15) is 18.1 Å². The van der Waals surface area contributed by atoms with Gasteiger partial charge in [-0.15, -0.1) is 0 Å². The number of carbonyl (C=O) groups excluding carboxylic acids is 2. The fourth-order valence-electron chi connectivity index (χ4n) is 2.50. The summed E-state index contributed by atoms with van der Waals surface area (Å²) in [5.41, 5.74) is 2.98. The monoisotopic (exact) mass is 372 g/mol. The van der Waals surface area contributed by atoms with Gasteiger partial charge in [0.05, 0.1) is 18.4 Å². The maximum atomic E-state index is 12.0. The van der Waals surface area contributed by atoms with E-state index >= 15 is 0 Å². The van der Waals surface area contributed by atoms with Crippen LogP contribution in [0.5, 0.6) is 0 Å². The highest BCUT2D eigenvalue weighted by Crippen LogP contribution is 2.23. The molecule has 3 rings (SSSR count). The van der Waals surface area contributed by atoms with Crippen molar-refractivity contribution in [3.05, 3.63) is 59.1 Å². The Morgan fingerprint density at radius 2 is 2.15 bits per heavy atom. The van der Waals surface area contributed by atoms with Crippen molar-refractivity contribution >= 4 is 40.1 Å². The zero-order chi connectivity index (χ0) is 18.5. The van der Waals surface area contributed by atoms with Crippen LogP contribution in [0.4, 0.5) is 5.69 Å². The SMILES string of the molecule is CCc1ccc2c(CC(=O)OCC(=O)Nc3cccnc3Cl)coc2c1. The number of amides is 1. The van der Waals surface area contributed by atoms with Crippen LogP contribution in [0.2, 0.25) is 5.15 Å². The summed E-state index contributed by atoms with van der Waals surface area (Å²) in [6, 6.07) is 9.13. The first kappa shape index (κ1) is 17.9. The number of esters is 1. The standard InChI is InChI=1S/C19H17ClN2O4/c1-2-12-5-6-14-13(10-25-16(14)8-12)9-18(24)26-11-17(23)22-15-4-3-7-21-19(15)20/h3-8,10H,2,9,11H2,1H3,(H,22,23). The molecule has 3 aromatic rings. The Morgan fingerprint density at radius 3 is 2.92 bits per heavy atom. The van der Waals surface area contributed by atoms with Crippen LogP contribution < -0.4 is 5.32 Å². The number of aromatic nitrogens is 1. The highest BCUT2D eigenvalue weighted by Gasteiger charge is 2.14. The molecule has 26 heavy (non-hydrogen) atoms. The highest BCUT2D eigenvalue weighted by atomic mass is 35.5. The van der Waals surface area contributed by atoms with Crippen LogP contribution in [0.25, 0.3) is 11.0 Å². The van der Waals surface area contributed by atoms with E-state index in [1.807, 2.05) is 18.2 Å². The van der Waals surface area contributed by atoms with E-state index in [1.165, 1.54) is 6.20 Å². The summed E-state index contributed by atoms with van der Waals surface area (Å²) in [5, 5.41) is 3.57. The average molecular weight is 373 g/mol. The lowest BCUT2D eigenvalue weighted by Crippen LogP contribution is -2.21. The molecule has 0 radical (unpaired) electrons. The molecular weight excluding hydrogens is 356 g/mol. The summed E-state index contributed by atoms with van der Waals surface area (Å²) in [7, 11) is 0. The molecule has 0 bridgehead atoms. The van der Waals surface area contributed by atoms with E-state index in [0.717, 1.165) is 28.5 Å². The smallest absolute Gasteiger partial charge is 0.310 e. The Bertz CT molecular complexity index is 952. The molecule has 2 heterocycles. The molecule has 134 valence electrons. The van der Waals surface area contributed by atoms with E-state index in [0.29, 0.717) is 5.69 Å². The summed E-state index contributed by atoms with van der Waals surface area (Å²) in [5.74, 6) is -1.00. The third kappa shape index (κ3) is 4.21. The van der Waals surface area contributed by atoms with Crippen LogP contribution in [0.15, 0.2) is 47.2 Å². The van der Waals surface area contributed by atoms with E-state index in [4.69, 9.17) is 20.8 Å². The topological polar surface area (TPSA) is 81.4 Å². The number of benzene rings is 1. The number of carbonyl (C=O) groups is 2. The Balaban J connectivity index is 1.56. The Kier molecular flexibility index (Phi) is 5.53. The third-order valence-electron chi connectivity index (χ3n) is 3.86. The molecule has 0 aliphatic heterocycles. The molecule has 7 heteroatoms. The van der Waals surface area contributed by atoms with E-state index in [2.05, 4.69) is 17.2 Å². The normalized spacial score (nSPS) is 10.7. The van der Waals surface area contributed by atoms with Gasteiger partial charge in [-0.05, 0) is 30.2 Å². The molecule has 1 amide bonds. The molecule has 2 aromatic heterocycles. The van der Waals surface area contributed by atoms with E-state index in [1.54, 1.807) is 18.4 Å². The summed E-state index contributed by atoms with van der Waals surface area (Å²) in [6.07, 6.45) is 3.99. The van der Waals surface area contributed by atoms with E-state index < -0.39 is 18.5 Å². The van der Waals surface area contributed by atoms with Crippen molar-refractivity contribution in [1.82, 2.24) is 4.98 Å². The number of hydrogen-bond acceptors (Lipinski definition) is 5. The van der Waals surface area contributed by atoms with Crippen molar-refractivity contribution in [2.45, 2.75) is 19.8 Å². The fourth-order valence-corrected chi connectivity index (χ4v) is 2.67.